The van der Waals surface area contributed by atoms with Crippen molar-refractivity contribution in [2.24, 2.45) is 0 Å². The Hall–Kier alpha value is -3.96. The van der Waals surface area contributed by atoms with Crippen molar-refractivity contribution in [1.82, 2.24) is 9.97 Å². The first-order valence-corrected chi connectivity index (χ1v) is 11.0. The van der Waals surface area contributed by atoms with Gasteiger partial charge in [-0.15, -0.1) is 0 Å². The molecule has 5 rings (SSSR count). The van der Waals surface area contributed by atoms with Crippen LogP contribution in [0.25, 0.3) is 21.8 Å². The minimum absolute atomic E-state index is 0.0240. The molecule has 33 heavy (non-hydrogen) atoms. The van der Waals surface area contributed by atoms with Crippen LogP contribution in [0.3, 0.4) is 0 Å². The zero-order valence-electron chi connectivity index (χ0n) is 18.4. The molecule has 0 atom stereocenters. The Morgan fingerprint density at radius 1 is 0.909 bits per heavy atom. The first-order valence-electron chi connectivity index (χ1n) is 11.0. The predicted octanol–water partition coefficient (Wildman–Crippen LogP) is 5.29. The number of anilines is 1. The Kier molecular flexibility index (Phi) is 5.63. The van der Waals surface area contributed by atoms with Gasteiger partial charge in [0.25, 0.3) is 0 Å². The standard InChI is InChI=1S/C28H25N3O2/c1-18-13-22(17-32)24-10-6-8-20(28(24)30-18)14-19-7-2-4-11-25(19)31-27(33)15-21-16-29-26-12-5-3-9-23(21)26/h2-13,16,29,32H,14-15,17H2,1H3,(H,31,33). The van der Waals surface area contributed by atoms with Crippen molar-refractivity contribution in [2.45, 2.75) is 26.4 Å². The molecule has 2 heterocycles. The molecule has 2 aromatic heterocycles. The zero-order chi connectivity index (χ0) is 22.8. The molecule has 0 aliphatic rings. The molecule has 3 aromatic carbocycles. The van der Waals surface area contributed by atoms with E-state index in [1.807, 2.05) is 79.9 Å². The fourth-order valence-corrected chi connectivity index (χ4v) is 4.44. The second-order valence-corrected chi connectivity index (χ2v) is 8.31. The Balaban J connectivity index is 1.42. The predicted molar refractivity (Wildman–Crippen MR) is 132 cm³/mol. The number of hydrogen-bond acceptors (Lipinski definition) is 3. The summed E-state index contributed by atoms with van der Waals surface area (Å²) in [4.78, 5) is 20.9. The number of benzene rings is 3. The number of hydrogen-bond donors (Lipinski definition) is 3. The number of fused-ring (bicyclic) bond motifs is 2. The van der Waals surface area contributed by atoms with Crippen molar-refractivity contribution in [2.75, 3.05) is 5.32 Å². The number of aliphatic hydroxyl groups is 1. The third-order valence-corrected chi connectivity index (χ3v) is 6.01. The molecule has 5 aromatic rings. The van der Waals surface area contributed by atoms with Gasteiger partial charge in [-0.05, 0) is 47.4 Å². The fourth-order valence-electron chi connectivity index (χ4n) is 4.44. The largest absolute Gasteiger partial charge is 0.392 e. The van der Waals surface area contributed by atoms with Crippen molar-refractivity contribution in [3.63, 3.8) is 0 Å². The number of para-hydroxylation sites is 3. The van der Waals surface area contributed by atoms with Gasteiger partial charge < -0.3 is 15.4 Å². The molecule has 3 N–H and O–H groups in total. The average Bonchev–Trinajstić information content (AvgIpc) is 3.23. The lowest BCUT2D eigenvalue weighted by Gasteiger charge is -2.14. The van der Waals surface area contributed by atoms with Crippen LogP contribution in [-0.4, -0.2) is 21.0 Å². The van der Waals surface area contributed by atoms with E-state index in [0.717, 1.165) is 55.4 Å². The van der Waals surface area contributed by atoms with Crippen LogP contribution in [0.15, 0.2) is 79.0 Å². The second kappa shape index (κ2) is 8.88. The van der Waals surface area contributed by atoms with Gasteiger partial charge in [-0.25, -0.2) is 0 Å². The van der Waals surface area contributed by atoms with Crippen LogP contribution >= 0.6 is 0 Å². The van der Waals surface area contributed by atoms with Gasteiger partial charge in [-0.1, -0.05) is 54.6 Å². The van der Waals surface area contributed by atoms with Crippen LogP contribution in [0.4, 0.5) is 5.69 Å². The zero-order valence-corrected chi connectivity index (χ0v) is 18.4. The summed E-state index contributed by atoms with van der Waals surface area (Å²) in [5.41, 5.74) is 7.53. The lowest BCUT2D eigenvalue weighted by molar-refractivity contribution is -0.115. The molecule has 164 valence electrons. The first kappa shape index (κ1) is 20.9. The maximum absolute atomic E-state index is 12.9. The highest BCUT2D eigenvalue weighted by molar-refractivity contribution is 5.96. The van der Waals surface area contributed by atoms with Crippen molar-refractivity contribution < 1.29 is 9.90 Å². The van der Waals surface area contributed by atoms with Gasteiger partial charge in [-0.3, -0.25) is 9.78 Å². The van der Waals surface area contributed by atoms with Gasteiger partial charge in [-0.2, -0.15) is 0 Å². The third kappa shape index (κ3) is 4.23. The number of carbonyl (C=O) groups is 1. The molecule has 0 unspecified atom stereocenters. The van der Waals surface area contributed by atoms with Crippen molar-refractivity contribution >= 4 is 33.4 Å². The third-order valence-electron chi connectivity index (χ3n) is 6.01. The molecule has 0 aliphatic carbocycles. The van der Waals surface area contributed by atoms with Gasteiger partial charge in [0.15, 0.2) is 0 Å². The second-order valence-electron chi connectivity index (χ2n) is 8.31. The summed E-state index contributed by atoms with van der Waals surface area (Å²) in [7, 11) is 0. The SMILES string of the molecule is Cc1cc(CO)c2cccc(Cc3ccccc3NC(=O)Cc3c[nH]c4ccccc34)c2n1. The van der Waals surface area contributed by atoms with Crippen LogP contribution in [-0.2, 0) is 24.2 Å². The van der Waals surface area contributed by atoms with Crippen LogP contribution in [0.5, 0.6) is 0 Å². The van der Waals surface area contributed by atoms with E-state index in [1.165, 1.54) is 0 Å². The van der Waals surface area contributed by atoms with Crippen LogP contribution in [0.1, 0.15) is 27.9 Å². The number of aliphatic hydroxyl groups excluding tert-OH is 1. The van der Waals surface area contributed by atoms with Crippen LogP contribution in [0.2, 0.25) is 0 Å². The van der Waals surface area contributed by atoms with E-state index in [1.54, 1.807) is 0 Å². The molecule has 5 nitrogen and oxygen atoms in total. The normalized spacial score (nSPS) is 11.2. The topological polar surface area (TPSA) is 78.0 Å². The molecule has 0 bridgehead atoms. The molecule has 0 spiro atoms. The van der Waals surface area contributed by atoms with Gasteiger partial charge >= 0.3 is 0 Å². The van der Waals surface area contributed by atoms with Gasteiger partial charge in [0.05, 0.1) is 18.5 Å². The monoisotopic (exact) mass is 435 g/mol. The average molecular weight is 436 g/mol. The maximum Gasteiger partial charge on any atom is 0.228 e. The number of H-pyrrole nitrogens is 1. The van der Waals surface area contributed by atoms with Crippen molar-refractivity contribution in [3.05, 3.63) is 107 Å². The van der Waals surface area contributed by atoms with E-state index in [-0.39, 0.29) is 12.5 Å². The lowest BCUT2D eigenvalue weighted by atomic mass is 9.98. The quantitative estimate of drug-likeness (QED) is 0.339. The summed E-state index contributed by atoms with van der Waals surface area (Å²) in [6, 6.07) is 23.8. The molecule has 5 heteroatoms. The fraction of sp³-hybridized carbons (Fsp3) is 0.143. The van der Waals surface area contributed by atoms with Gasteiger partial charge in [0.2, 0.25) is 5.91 Å². The summed E-state index contributed by atoms with van der Waals surface area (Å²) in [5.74, 6) is -0.0540. The number of carbonyl (C=O) groups excluding carboxylic acids is 1. The number of nitrogens with one attached hydrogen (secondary N) is 2. The maximum atomic E-state index is 12.9. The Morgan fingerprint density at radius 3 is 2.55 bits per heavy atom. The summed E-state index contributed by atoms with van der Waals surface area (Å²) in [6.45, 7) is 1.91. The smallest absolute Gasteiger partial charge is 0.228 e. The number of nitrogens with zero attached hydrogens (tertiary/aromatic N) is 1. The van der Waals surface area contributed by atoms with E-state index >= 15 is 0 Å². The number of aromatic amines is 1. The highest BCUT2D eigenvalue weighted by atomic mass is 16.3. The number of pyridine rings is 1. The van der Waals surface area contributed by atoms with Gasteiger partial charge in [0, 0.05) is 40.3 Å². The van der Waals surface area contributed by atoms with Crippen LogP contribution < -0.4 is 5.32 Å². The molecule has 0 saturated heterocycles. The molecule has 0 saturated carbocycles. The van der Waals surface area contributed by atoms with E-state index < -0.39 is 0 Å². The summed E-state index contributed by atoms with van der Waals surface area (Å²) in [6.07, 6.45) is 2.83. The highest BCUT2D eigenvalue weighted by Gasteiger charge is 2.13. The first-order chi connectivity index (χ1) is 16.1. The Labute approximate surface area is 192 Å². The summed E-state index contributed by atoms with van der Waals surface area (Å²) >= 11 is 0. The molecular formula is C28H25N3O2. The number of aromatic nitrogens is 2. The molecular weight excluding hydrogens is 410 g/mol. The van der Waals surface area contributed by atoms with E-state index in [4.69, 9.17) is 4.98 Å². The van der Waals surface area contributed by atoms with E-state index in [2.05, 4.69) is 16.4 Å². The molecule has 0 radical (unpaired) electrons. The molecule has 0 fully saturated rings. The van der Waals surface area contributed by atoms with E-state index in [0.29, 0.717) is 12.8 Å². The molecule has 1 amide bonds. The minimum atomic E-state index is -0.0540. The Bertz CT molecular complexity index is 1470. The van der Waals surface area contributed by atoms with Crippen LogP contribution in [0, 0.1) is 6.92 Å². The van der Waals surface area contributed by atoms with Gasteiger partial charge in [0.1, 0.15) is 0 Å². The Morgan fingerprint density at radius 2 is 1.67 bits per heavy atom. The lowest BCUT2D eigenvalue weighted by Crippen LogP contribution is -2.15. The van der Waals surface area contributed by atoms with Crippen molar-refractivity contribution in [1.29, 1.82) is 0 Å². The summed E-state index contributed by atoms with van der Waals surface area (Å²) < 4.78 is 0. The number of rotatable bonds is 6. The molecule has 0 aliphatic heterocycles. The number of aryl methyl sites for hydroxylation is 1. The van der Waals surface area contributed by atoms with E-state index in [9.17, 15) is 9.90 Å². The minimum Gasteiger partial charge on any atom is -0.392 e. The highest BCUT2D eigenvalue weighted by Crippen LogP contribution is 2.27. The summed E-state index contributed by atoms with van der Waals surface area (Å²) in [5, 5.41) is 14.9. The number of amides is 1. The van der Waals surface area contributed by atoms with Crippen molar-refractivity contribution in [3.8, 4) is 0 Å².